The van der Waals surface area contributed by atoms with Gasteiger partial charge in [-0.1, -0.05) is 37.1 Å². The monoisotopic (exact) mass is 461 g/mol. The molecule has 0 amide bonds. The van der Waals surface area contributed by atoms with Gasteiger partial charge >= 0.3 is 5.97 Å². The molecule has 2 N–H and O–H groups in total. The molecule has 0 bridgehead atoms. The van der Waals surface area contributed by atoms with Crippen LogP contribution in [0.15, 0.2) is 41.3 Å². The van der Waals surface area contributed by atoms with Gasteiger partial charge in [-0.3, -0.25) is 4.79 Å². The van der Waals surface area contributed by atoms with Crippen molar-refractivity contribution >= 4 is 28.5 Å². The van der Waals surface area contributed by atoms with E-state index in [4.69, 9.17) is 16.3 Å². The summed E-state index contributed by atoms with van der Waals surface area (Å²) in [6, 6.07) is 7.47. The van der Waals surface area contributed by atoms with Crippen molar-refractivity contribution < 1.29 is 24.1 Å². The van der Waals surface area contributed by atoms with E-state index in [1.165, 1.54) is 12.3 Å². The number of nitrogens with zero attached hydrogens (tertiary/aromatic N) is 1. The SMILES string of the molecule is CCC[C@H](CO)n1cc(C(=O)O)c(=O)c2cc(Cc3cccc(Cl)c3F)c(OCC)cc21. The molecule has 0 unspecified atom stereocenters. The van der Waals surface area contributed by atoms with Gasteiger partial charge in [0.1, 0.15) is 17.1 Å². The summed E-state index contributed by atoms with van der Waals surface area (Å²) < 4.78 is 21.9. The van der Waals surface area contributed by atoms with E-state index in [1.807, 2.05) is 13.8 Å². The fourth-order valence-corrected chi connectivity index (χ4v) is 4.04. The fraction of sp³-hybridized carbons (Fsp3) is 0.333. The van der Waals surface area contributed by atoms with Gasteiger partial charge in [-0.15, -0.1) is 0 Å². The number of aromatic nitrogens is 1. The van der Waals surface area contributed by atoms with Crippen molar-refractivity contribution in [2.75, 3.05) is 13.2 Å². The van der Waals surface area contributed by atoms with E-state index in [0.29, 0.717) is 35.4 Å². The average Bonchev–Trinajstić information content (AvgIpc) is 2.76. The summed E-state index contributed by atoms with van der Waals surface area (Å²) in [4.78, 5) is 24.7. The van der Waals surface area contributed by atoms with Gasteiger partial charge in [0.2, 0.25) is 5.43 Å². The normalized spacial score (nSPS) is 12.2. The van der Waals surface area contributed by atoms with E-state index in [1.54, 1.807) is 28.8 Å². The van der Waals surface area contributed by atoms with Crippen LogP contribution < -0.4 is 10.2 Å². The second-order valence-corrected chi connectivity index (χ2v) is 7.92. The molecular formula is C24H25ClFNO5. The molecule has 0 fully saturated rings. The molecule has 1 atom stereocenters. The lowest BCUT2D eigenvalue weighted by Gasteiger charge is -2.22. The maximum atomic E-state index is 14.5. The summed E-state index contributed by atoms with van der Waals surface area (Å²) in [5.41, 5.74) is 0.268. The Balaban J connectivity index is 2.31. The quantitative estimate of drug-likeness (QED) is 0.477. The van der Waals surface area contributed by atoms with Gasteiger partial charge in [0.05, 0.1) is 29.8 Å². The van der Waals surface area contributed by atoms with Gasteiger partial charge in [0.25, 0.3) is 0 Å². The Morgan fingerprint density at radius 2 is 2.00 bits per heavy atom. The number of aliphatic hydroxyl groups excluding tert-OH is 1. The van der Waals surface area contributed by atoms with Gasteiger partial charge in [-0.2, -0.15) is 0 Å². The summed E-state index contributed by atoms with van der Waals surface area (Å²) in [6.07, 6.45) is 2.72. The molecule has 0 saturated carbocycles. The van der Waals surface area contributed by atoms with Crippen LogP contribution in [0, 0.1) is 5.82 Å². The third kappa shape index (κ3) is 4.64. The molecule has 32 heavy (non-hydrogen) atoms. The van der Waals surface area contributed by atoms with E-state index in [-0.39, 0.29) is 23.4 Å². The molecule has 1 aromatic heterocycles. The number of pyridine rings is 1. The molecule has 170 valence electrons. The number of rotatable bonds is 9. The average molecular weight is 462 g/mol. The molecule has 3 aromatic rings. The Bertz CT molecular complexity index is 1210. The zero-order valence-electron chi connectivity index (χ0n) is 17.9. The maximum absolute atomic E-state index is 14.5. The lowest BCUT2D eigenvalue weighted by atomic mass is 9.99. The number of ether oxygens (including phenoxy) is 1. The maximum Gasteiger partial charge on any atom is 0.341 e. The molecule has 0 radical (unpaired) electrons. The van der Waals surface area contributed by atoms with Gasteiger partial charge in [0.15, 0.2) is 0 Å². The van der Waals surface area contributed by atoms with Crippen LogP contribution in [0.25, 0.3) is 10.9 Å². The lowest BCUT2D eigenvalue weighted by molar-refractivity contribution is 0.0694. The molecular weight excluding hydrogens is 437 g/mol. The smallest absolute Gasteiger partial charge is 0.341 e. The highest BCUT2D eigenvalue weighted by molar-refractivity contribution is 6.30. The van der Waals surface area contributed by atoms with E-state index >= 15 is 0 Å². The Morgan fingerprint density at radius 3 is 2.62 bits per heavy atom. The first-order valence-corrected chi connectivity index (χ1v) is 10.8. The standard InChI is InChI=1S/C24H25ClFNO5/c1-3-6-16(13-28)27-12-18(24(30)31)23(29)17-10-15(21(32-4-2)11-20(17)27)9-14-7-5-8-19(25)22(14)26/h5,7-8,10-12,16,28H,3-4,6,9,13H2,1-2H3,(H,30,31)/t16-/m1/s1. The Hall–Kier alpha value is -2.90. The fourth-order valence-electron chi connectivity index (χ4n) is 3.85. The number of hydrogen-bond acceptors (Lipinski definition) is 4. The molecule has 6 nitrogen and oxygen atoms in total. The molecule has 3 rings (SSSR count). The molecule has 2 aromatic carbocycles. The van der Waals surface area contributed by atoms with E-state index in [9.17, 15) is 24.2 Å². The highest BCUT2D eigenvalue weighted by Gasteiger charge is 2.21. The second kappa shape index (κ2) is 10.1. The van der Waals surface area contributed by atoms with E-state index < -0.39 is 28.8 Å². The molecule has 1 heterocycles. The molecule has 0 aliphatic carbocycles. The van der Waals surface area contributed by atoms with Gasteiger partial charge in [0, 0.05) is 24.1 Å². The van der Waals surface area contributed by atoms with Gasteiger partial charge in [-0.05, 0) is 36.6 Å². The highest BCUT2D eigenvalue weighted by atomic mass is 35.5. The van der Waals surface area contributed by atoms with Crippen LogP contribution in [-0.4, -0.2) is 34.0 Å². The minimum absolute atomic E-state index is 0.0119. The van der Waals surface area contributed by atoms with Crippen LogP contribution >= 0.6 is 11.6 Å². The van der Waals surface area contributed by atoms with Crippen LogP contribution in [0.4, 0.5) is 4.39 Å². The van der Waals surface area contributed by atoms with Crippen LogP contribution in [0.1, 0.15) is 54.2 Å². The number of carboxylic acids is 1. The Labute approximate surface area is 189 Å². The number of benzene rings is 2. The predicted molar refractivity (Wildman–Crippen MR) is 122 cm³/mol. The first-order valence-electron chi connectivity index (χ1n) is 10.4. The molecule has 0 aliphatic heterocycles. The van der Waals surface area contributed by atoms with E-state index in [2.05, 4.69) is 0 Å². The number of halogens is 2. The van der Waals surface area contributed by atoms with Crippen molar-refractivity contribution in [3.8, 4) is 5.75 Å². The number of fused-ring (bicyclic) bond motifs is 1. The highest BCUT2D eigenvalue weighted by Crippen LogP contribution is 2.31. The first-order chi connectivity index (χ1) is 15.3. The summed E-state index contributed by atoms with van der Waals surface area (Å²) in [5, 5.41) is 19.7. The number of carboxylic acid groups (broad SMARTS) is 1. The third-order valence-electron chi connectivity index (χ3n) is 5.38. The van der Waals surface area contributed by atoms with Crippen molar-refractivity contribution in [3.63, 3.8) is 0 Å². The number of hydrogen-bond donors (Lipinski definition) is 2. The van der Waals surface area contributed by atoms with Crippen molar-refractivity contribution in [2.24, 2.45) is 0 Å². The third-order valence-corrected chi connectivity index (χ3v) is 5.68. The Kier molecular flexibility index (Phi) is 7.53. The lowest BCUT2D eigenvalue weighted by Crippen LogP contribution is -2.23. The minimum atomic E-state index is -1.35. The molecule has 0 saturated heterocycles. The largest absolute Gasteiger partial charge is 0.494 e. The number of aliphatic hydroxyl groups is 1. The summed E-state index contributed by atoms with van der Waals surface area (Å²) in [6.45, 7) is 3.88. The summed E-state index contributed by atoms with van der Waals surface area (Å²) in [5.74, 6) is -1.46. The topological polar surface area (TPSA) is 88.8 Å². The van der Waals surface area contributed by atoms with Crippen LogP contribution in [0.3, 0.4) is 0 Å². The number of aromatic carboxylic acids is 1. The van der Waals surface area contributed by atoms with Crippen LogP contribution in [0.5, 0.6) is 5.75 Å². The second-order valence-electron chi connectivity index (χ2n) is 7.51. The molecule has 8 heteroatoms. The summed E-state index contributed by atoms with van der Waals surface area (Å²) >= 11 is 5.91. The zero-order chi connectivity index (χ0) is 23.4. The van der Waals surface area contributed by atoms with Gasteiger partial charge in [-0.25, -0.2) is 9.18 Å². The minimum Gasteiger partial charge on any atom is -0.494 e. The molecule has 0 spiro atoms. The predicted octanol–water partition coefficient (Wildman–Crippen LogP) is 4.82. The zero-order valence-corrected chi connectivity index (χ0v) is 18.7. The van der Waals surface area contributed by atoms with Crippen molar-refractivity contribution in [1.29, 1.82) is 0 Å². The van der Waals surface area contributed by atoms with Gasteiger partial charge < -0.3 is 19.5 Å². The van der Waals surface area contributed by atoms with Crippen LogP contribution in [0.2, 0.25) is 5.02 Å². The van der Waals surface area contributed by atoms with Crippen LogP contribution in [-0.2, 0) is 6.42 Å². The first kappa shape index (κ1) is 23.8. The number of carbonyl (C=O) groups is 1. The van der Waals surface area contributed by atoms with Crippen molar-refractivity contribution in [3.05, 3.63) is 74.3 Å². The molecule has 0 aliphatic rings. The summed E-state index contributed by atoms with van der Waals surface area (Å²) in [7, 11) is 0. The van der Waals surface area contributed by atoms with Crippen molar-refractivity contribution in [1.82, 2.24) is 4.57 Å². The Morgan fingerprint density at radius 1 is 1.25 bits per heavy atom. The van der Waals surface area contributed by atoms with E-state index in [0.717, 1.165) is 6.42 Å². The van der Waals surface area contributed by atoms with Crippen molar-refractivity contribution in [2.45, 2.75) is 39.2 Å².